The zero-order chi connectivity index (χ0) is 17.9. The number of benzene rings is 2. The summed E-state index contributed by atoms with van der Waals surface area (Å²) in [5.41, 5.74) is 2.59. The van der Waals surface area contributed by atoms with Crippen molar-refractivity contribution in [3.63, 3.8) is 0 Å². The summed E-state index contributed by atoms with van der Waals surface area (Å²) in [7, 11) is 0. The molecule has 0 bridgehead atoms. The average Bonchev–Trinajstić information content (AvgIpc) is 3.09. The highest BCUT2D eigenvalue weighted by atomic mass is 19.1. The van der Waals surface area contributed by atoms with Crippen LogP contribution in [0.3, 0.4) is 0 Å². The van der Waals surface area contributed by atoms with E-state index in [1.807, 2.05) is 31.2 Å². The summed E-state index contributed by atoms with van der Waals surface area (Å²) < 4.78 is 23.7. The Kier molecular flexibility index (Phi) is 4.27. The van der Waals surface area contributed by atoms with Crippen LogP contribution in [0.15, 0.2) is 48.5 Å². The van der Waals surface area contributed by atoms with Crippen LogP contribution in [0.1, 0.15) is 11.3 Å². The molecule has 4 rings (SSSR count). The summed E-state index contributed by atoms with van der Waals surface area (Å²) in [5.74, 6) is 2.37. The van der Waals surface area contributed by atoms with E-state index in [0.717, 1.165) is 28.4 Å². The Hall–Kier alpha value is -3.35. The number of aryl methyl sites for hydroxylation is 1. The maximum absolute atomic E-state index is 13.0. The quantitative estimate of drug-likeness (QED) is 0.723. The molecule has 0 fully saturated rings. The Morgan fingerprint density at radius 2 is 1.81 bits per heavy atom. The minimum atomic E-state index is -0.285. The van der Waals surface area contributed by atoms with Crippen LogP contribution in [-0.2, 0) is 6.54 Å². The SMILES string of the molecule is Cc1cc(NCc2ccc3c(c2)OCO3)nc(Nc2ccc(F)cc2)n1. The van der Waals surface area contributed by atoms with Gasteiger partial charge in [-0.25, -0.2) is 9.37 Å². The van der Waals surface area contributed by atoms with Crippen molar-refractivity contribution < 1.29 is 13.9 Å². The Labute approximate surface area is 150 Å². The topological polar surface area (TPSA) is 68.3 Å². The van der Waals surface area contributed by atoms with Crippen molar-refractivity contribution in [1.29, 1.82) is 0 Å². The van der Waals surface area contributed by atoms with E-state index in [9.17, 15) is 4.39 Å². The van der Waals surface area contributed by atoms with Gasteiger partial charge in [-0.15, -0.1) is 0 Å². The van der Waals surface area contributed by atoms with Crippen molar-refractivity contribution >= 4 is 17.5 Å². The van der Waals surface area contributed by atoms with Gasteiger partial charge in [0.25, 0.3) is 0 Å². The minimum absolute atomic E-state index is 0.260. The number of anilines is 3. The lowest BCUT2D eigenvalue weighted by molar-refractivity contribution is 0.174. The molecule has 1 aliphatic rings. The molecule has 1 aromatic heterocycles. The first-order valence-corrected chi connectivity index (χ1v) is 8.16. The highest BCUT2D eigenvalue weighted by Crippen LogP contribution is 2.32. The van der Waals surface area contributed by atoms with Gasteiger partial charge in [0, 0.05) is 24.0 Å². The van der Waals surface area contributed by atoms with Gasteiger partial charge >= 0.3 is 0 Å². The molecule has 0 unspecified atom stereocenters. The molecule has 2 N–H and O–H groups in total. The van der Waals surface area contributed by atoms with Crippen molar-refractivity contribution in [3.8, 4) is 11.5 Å². The third-order valence-electron chi connectivity index (χ3n) is 3.87. The fourth-order valence-corrected chi connectivity index (χ4v) is 2.62. The monoisotopic (exact) mass is 352 g/mol. The number of ether oxygens (including phenoxy) is 2. The summed E-state index contributed by atoms with van der Waals surface area (Å²) in [6, 6.07) is 13.7. The third-order valence-corrected chi connectivity index (χ3v) is 3.87. The van der Waals surface area contributed by atoms with Crippen LogP contribution in [0.5, 0.6) is 11.5 Å². The highest BCUT2D eigenvalue weighted by molar-refractivity contribution is 5.55. The molecule has 0 spiro atoms. The normalized spacial score (nSPS) is 12.1. The van der Waals surface area contributed by atoms with Crippen molar-refractivity contribution in [2.24, 2.45) is 0 Å². The van der Waals surface area contributed by atoms with Gasteiger partial charge in [0.05, 0.1) is 0 Å². The largest absolute Gasteiger partial charge is 0.454 e. The number of hydrogen-bond donors (Lipinski definition) is 2. The van der Waals surface area contributed by atoms with E-state index < -0.39 is 0 Å². The molecule has 0 saturated carbocycles. The first-order chi connectivity index (χ1) is 12.7. The second kappa shape index (κ2) is 6.87. The molecule has 2 aromatic carbocycles. The molecule has 0 atom stereocenters. The van der Waals surface area contributed by atoms with E-state index >= 15 is 0 Å². The first kappa shape index (κ1) is 16.1. The van der Waals surface area contributed by atoms with Crippen molar-refractivity contribution in [2.75, 3.05) is 17.4 Å². The number of nitrogens with one attached hydrogen (secondary N) is 2. The number of nitrogens with zero attached hydrogens (tertiary/aromatic N) is 2. The smallest absolute Gasteiger partial charge is 0.231 e. The highest BCUT2D eigenvalue weighted by Gasteiger charge is 2.13. The molecule has 2 heterocycles. The Morgan fingerprint density at radius 3 is 2.65 bits per heavy atom. The van der Waals surface area contributed by atoms with Crippen LogP contribution in [0, 0.1) is 12.7 Å². The summed E-state index contributed by atoms with van der Waals surface area (Å²) >= 11 is 0. The van der Waals surface area contributed by atoms with E-state index in [-0.39, 0.29) is 12.6 Å². The van der Waals surface area contributed by atoms with Gasteiger partial charge < -0.3 is 20.1 Å². The first-order valence-electron chi connectivity index (χ1n) is 8.16. The Morgan fingerprint density at radius 1 is 1.00 bits per heavy atom. The number of halogens is 1. The van der Waals surface area contributed by atoms with Gasteiger partial charge in [-0.2, -0.15) is 4.98 Å². The van der Waals surface area contributed by atoms with Crippen LogP contribution < -0.4 is 20.1 Å². The van der Waals surface area contributed by atoms with Crippen LogP contribution >= 0.6 is 0 Å². The molecule has 0 amide bonds. The van der Waals surface area contributed by atoms with Crippen molar-refractivity contribution in [2.45, 2.75) is 13.5 Å². The van der Waals surface area contributed by atoms with Gasteiger partial charge in [0.2, 0.25) is 12.7 Å². The average molecular weight is 352 g/mol. The summed E-state index contributed by atoms with van der Waals surface area (Å²) in [6.07, 6.45) is 0. The Balaban J connectivity index is 1.46. The Bertz CT molecular complexity index is 931. The van der Waals surface area contributed by atoms with Crippen LogP contribution in [0.25, 0.3) is 0 Å². The molecular formula is C19H17FN4O2. The molecule has 6 nitrogen and oxygen atoms in total. The summed E-state index contributed by atoms with van der Waals surface area (Å²) in [6.45, 7) is 2.74. The van der Waals surface area contributed by atoms with Gasteiger partial charge in [-0.1, -0.05) is 6.07 Å². The molecule has 26 heavy (non-hydrogen) atoms. The molecule has 132 valence electrons. The van der Waals surface area contributed by atoms with E-state index in [4.69, 9.17) is 9.47 Å². The van der Waals surface area contributed by atoms with Crippen LogP contribution in [0.2, 0.25) is 0 Å². The van der Waals surface area contributed by atoms with Crippen molar-refractivity contribution in [1.82, 2.24) is 9.97 Å². The zero-order valence-electron chi connectivity index (χ0n) is 14.1. The van der Waals surface area contributed by atoms with Crippen molar-refractivity contribution in [3.05, 3.63) is 65.6 Å². The molecule has 0 aliphatic carbocycles. The second-order valence-corrected chi connectivity index (χ2v) is 5.89. The van der Waals surface area contributed by atoms with Gasteiger partial charge in [-0.3, -0.25) is 0 Å². The molecule has 1 aliphatic heterocycles. The van der Waals surface area contributed by atoms with Gasteiger partial charge in [0.1, 0.15) is 11.6 Å². The van der Waals surface area contributed by atoms with Crippen LogP contribution in [0.4, 0.5) is 21.8 Å². The molecule has 0 saturated heterocycles. The molecular weight excluding hydrogens is 335 g/mol. The van der Waals surface area contributed by atoms with Gasteiger partial charge in [-0.05, 0) is 48.9 Å². The maximum Gasteiger partial charge on any atom is 0.231 e. The number of fused-ring (bicyclic) bond motifs is 1. The van der Waals surface area contributed by atoms with E-state index in [1.165, 1.54) is 12.1 Å². The molecule has 0 radical (unpaired) electrons. The fraction of sp³-hybridized carbons (Fsp3) is 0.158. The third kappa shape index (κ3) is 3.66. The van der Waals surface area contributed by atoms with E-state index in [0.29, 0.717) is 18.3 Å². The number of aromatic nitrogens is 2. The predicted molar refractivity (Wildman–Crippen MR) is 96.3 cm³/mol. The zero-order valence-corrected chi connectivity index (χ0v) is 14.1. The van der Waals surface area contributed by atoms with E-state index in [1.54, 1.807) is 12.1 Å². The van der Waals surface area contributed by atoms with Crippen LogP contribution in [-0.4, -0.2) is 16.8 Å². The summed E-state index contributed by atoms with van der Waals surface area (Å²) in [4.78, 5) is 8.82. The fourth-order valence-electron chi connectivity index (χ4n) is 2.62. The molecule has 7 heteroatoms. The lowest BCUT2D eigenvalue weighted by Gasteiger charge is -2.10. The minimum Gasteiger partial charge on any atom is -0.454 e. The lowest BCUT2D eigenvalue weighted by atomic mass is 10.2. The lowest BCUT2D eigenvalue weighted by Crippen LogP contribution is -2.05. The second-order valence-electron chi connectivity index (χ2n) is 5.89. The summed E-state index contributed by atoms with van der Waals surface area (Å²) in [5, 5.41) is 6.36. The maximum atomic E-state index is 13.0. The number of hydrogen-bond acceptors (Lipinski definition) is 6. The van der Waals surface area contributed by atoms with Gasteiger partial charge in [0.15, 0.2) is 11.5 Å². The standard InChI is InChI=1S/C19H17FN4O2/c1-12-8-18(21-10-13-2-7-16-17(9-13)26-11-25-16)24-19(22-12)23-15-5-3-14(20)4-6-15/h2-9H,10-11H2,1H3,(H2,21,22,23,24). The predicted octanol–water partition coefficient (Wildman–Crippen LogP) is 4.01. The molecule has 3 aromatic rings. The van der Waals surface area contributed by atoms with E-state index in [2.05, 4.69) is 20.6 Å². The number of rotatable bonds is 5.